The Morgan fingerprint density at radius 2 is 2.05 bits per heavy atom. The summed E-state index contributed by atoms with van der Waals surface area (Å²) in [5.74, 6) is 0. The summed E-state index contributed by atoms with van der Waals surface area (Å²) in [5.41, 5.74) is 1.24. The predicted molar refractivity (Wildman–Crippen MR) is 78.2 cm³/mol. The molecule has 0 radical (unpaired) electrons. The Labute approximate surface area is 116 Å². The molecule has 1 aromatic heterocycles. The number of nitrogens with one attached hydrogen (secondary N) is 2. The van der Waals surface area contributed by atoms with Crippen LogP contribution in [0.15, 0.2) is 18.5 Å². The van der Waals surface area contributed by atoms with Gasteiger partial charge < -0.3 is 19.9 Å². The Hall–Kier alpha value is -1.49. The molecule has 2 N–H and O–H groups in total. The smallest absolute Gasteiger partial charge is 0.406 e. The lowest BCUT2D eigenvalue weighted by Gasteiger charge is -2.12. The van der Waals surface area contributed by atoms with Crippen LogP contribution in [0.3, 0.4) is 0 Å². The zero-order valence-electron chi connectivity index (χ0n) is 12.7. The molecule has 1 aromatic rings. The molecule has 0 spiro atoms. The summed E-state index contributed by atoms with van der Waals surface area (Å²) in [6.07, 6.45) is 4.94. The number of nitrogens with zero attached hydrogens (tertiary/aromatic N) is 1. The fourth-order valence-corrected chi connectivity index (χ4v) is 1.42. The number of aryl methyl sites for hydroxylation is 1. The number of carbonyl (C=O) groups excluding carboxylic acids is 1. The van der Waals surface area contributed by atoms with Crippen molar-refractivity contribution in [1.29, 1.82) is 0 Å². The lowest BCUT2D eigenvalue weighted by Crippen LogP contribution is -2.32. The Kier molecular flexibility index (Phi) is 9.62. The first kappa shape index (κ1) is 17.5. The van der Waals surface area contributed by atoms with Crippen LogP contribution in [0.4, 0.5) is 4.79 Å². The molecule has 0 aromatic carbocycles. The van der Waals surface area contributed by atoms with E-state index in [2.05, 4.69) is 48.4 Å². The standard InChI is InChI=1S/C11H19N3O2.C3H8/c1-9(10-4-7-14(2)8-10)12-5-6-13-11(15)16-3;1-3-2/h4,7-9,12H,5-6H2,1-3H3,(H,13,15);3H2,1-2H3. The van der Waals surface area contributed by atoms with E-state index in [0.29, 0.717) is 13.1 Å². The second-order valence-corrected chi connectivity index (χ2v) is 4.41. The largest absolute Gasteiger partial charge is 0.453 e. The molecule has 1 rings (SSSR count). The third-order valence-corrected chi connectivity index (χ3v) is 2.39. The monoisotopic (exact) mass is 269 g/mol. The van der Waals surface area contributed by atoms with Crippen molar-refractivity contribution in [2.75, 3.05) is 20.2 Å². The van der Waals surface area contributed by atoms with Gasteiger partial charge in [0.1, 0.15) is 0 Å². The van der Waals surface area contributed by atoms with Crippen LogP contribution >= 0.6 is 0 Å². The van der Waals surface area contributed by atoms with Gasteiger partial charge in [-0.25, -0.2) is 4.79 Å². The highest BCUT2D eigenvalue weighted by molar-refractivity contribution is 5.66. The Morgan fingerprint density at radius 1 is 1.42 bits per heavy atom. The molecule has 0 aliphatic carbocycles. The van der Waals surface area contributed by atoms with Gasteiger partial charge in [0.25, 0.3) is 0 Å². The number of hydrogen-bond donors (Lipinski definition) is 2. The average molecular weight is 269 g/mol. The van der Waals surface area contributed by atoms with Crippen molar-refractivity contribution in [2.45, 2.75) is 33.2 Å². The molecule has 1 amide bonds. The molecule has 1 unspecified atom stereocenters. The Bertz CT molecular complexity index is 350. The molecule has 0 bridgehead atoms. The fourth-order valence-electron chi connectivity index (χ4n) is 1.42. The van der Waals surface area contributed by atoms with Crippen molar-refractivity contribution in [3.05, 3.63) is 24.0 Å². The summed E-state index contributed by atoms with van der Waals surface area (Å²) in [5, 5.41) is 5.92. The quantitative estimate of drug-likeness (QED) is 0.807. The lowest BCUT2D eigenvalue weighted by atomic mass is 10.2. The van der Waals surface area contributed by atoms with Gasteiger partial charge in [-0.2, -0.15) is 0 Å². The van der Waals surface area contributed by atoms with E-state index in [1.165, 1.54) is 19.1 Å². The van der Waals surface area contributed by atoms with Gasteiger partial charge >= 0.3 is 6.09 Å². The maximum absolute atomic E-state index is 10.8. The predicted octanol–water partition coefficient (Wildman–Crippen LogP) is 2.45. The van der Waals surface area contributed by atoms with Crippen LogP contribution in [0.2, 0.25) is 0 Å². The highest BCUT2D eigenvalue weighted by Gasteiger charge is 2.05. The molecule has 0 aliphatic heterocycles. The van der Waals surface area contributed by atoms with Gasteiger partial charge in [-0.3, -0.25) is 0 Å². The number of ether oxygens (including phenoxy) is 1. The normalized spacial score (nSPS) is 11.2. The molecule has 19 heavy (non-hydrogen) atoms. The minimum absolute atomic E-state index is 0.278. The van der Waals surface area contributed by atoms with Crippen molar-refractivity contribution in [2.24, 2.45) is 7.05 Å². The van der Waals surface area contributed by atoms with Crippen molar-refractivity contribution in [1.82, 2.24) is 15.2 Å². The Morgan fingerprint density at radius 3 is 2.53 bits per heavy atom. The second kappa shape index (κ2) is 10.4. The molecule has 0 saturated carbocycles. The maximum atomic E-state index is 10.8. The van der Waals surface area contributed by atoms with Crippen LogP contribution in [-0.4, -0.2) is 30.9 Å². The topological polar surface area (TPSA) is 55.3 Å². The van der Waals surface area contributed by atoms with E-state index in [1.54, 1.807) is 0 Å². The number of hydrogen-bond acceptors (Lipinski definition) is 3. The van der Waals surface area contributed by atoms with Gasteiger partial charge in [-0.15, -0.1) is 0 Å². The van der Waals surface area contributed by atoms with Crippen LogP contribution in [-0.2, 0) is 11.8 Å². The molecule has 0 fully saturated rings. The van der Waals surface area contributed by atoms with Crippen molar-refractivity contribution in [3.63, 3.8) is 0 Å². The van der Waals surface area contributed by atoms with E-state index in [4.69, 9.17) is 0 Å². The van der Waals surface area contributed by atoms with Gasteiger partial charge in [0.2, 0.25) is 0 Å². The molecule has 1 heterocycles. The fraction of sp³-hybridized carbons (Fsp3) is 0.643. The lowest BCUT2D eigenvalue weighted by molar-refractivity contribution is 0.171. The van der Waals surface area contributed by atoms with Crippen molar-refractivity contribution in [3.8, 4) is 0 Å². The van der Waals surface area contributed by atoms with Crippen LogP contribution in [0.25, 0.3) is 0 Å². The molecule has 1 atom stereocenters. The molecular formula is C14H27N3O2. The van der Waals surface area contributed by atoms with Crippen LogP contribution in [0.5, 0.6) is 0 Å². The SMILES string of the molecule is CCC.COC(=O)NCCNC(C)c1ccn(C)c1. The first-order valence-corrected chi connectivity index (χ1v) is 6.72. The highest BCUT2D eigenvalue weighted by atomic mass is 16.5. The van der Waals surface area contributed by atoms with Gasteiger partial charge in [0.05, 0.1) is 7.11 Å². The molecule has 5 heteroatoms. The van der Waals surface area contributed by atoms with Crippen LogP contribution in [0, 0.1) is 0 Å². The van der Waals surface area contributed by atoms with Crippen molar-refractivity contribution >= 4 is 6.09 Å². The third-order valence-electron chi connectivity index (χ3n) is 2.39. The number of carbonyl (C=O) groups is 1. The summed E-state index contributed by atoms with van der Waals surface area (Å²) in [6.45, 7) is 7.61. The average Bonchev–Trinajstić information content (AvgIpc) is 2.81. The van der Waals surface area contributed by atoms with Gasteiger partial charge in [0.15, 0.2) is 0 Å². The third kappa shape index (κ3) is 8.26. The molecular weight excluding hydrogens is 242 g/mol. The minimum atomic E-state index is -0.394. The van der Waals surface area contributed by atoms with E-state index in [1.807, 2.05) is 17.8 Å². The summed E-state index contributed by atoms with van der Waals surface area (Å²) < 4.78 is 6.48. The Balaban J connectivity index is 0.000000982. The number of rotatable bonds is 5. The number of aromatic nitrogens is 1. The van der Waals surface area contributed by atoms with Gasteiger partial charge in [-0.1, -0.05) is 20.3 Å². The minimum Gasteiger partial charge on any atom is -0.453 e. The first-order chi connectivity index (χ1) is 9.04. The number of amides is 1. The first-order valence-electron chi connectivity index (χ1n) is 6.72. The summed E-state index contributed by atoms with van der Waals surface area (Å²) >= 11 is 0. The summed E-state index contributed by atoms with van der Waals surface area (Å²) in [7, 11) is 3.35. The summed E-state index contributed by atoms with van der Waals surface area (Å²) in [6, 6.07) is 2.35. The van der Waals surface area contributed by atoms with Gasteiger partial charge in [0, 0.05) is 38.6 Å². The maximum Gasteiger partial charge on any atom is 0.406 e. The van der Waals surface area contributed by atoms with E-state index in [0.717, 1.165) is 0 Å². The molecule has 5 nitrogen and oxygen atoms in total. The number of alkyl carbamates (subject to hydrolysis) is 1. The summed E-state index contributed by atoms with van der Waals surface area (Å²) in [4.78, 5) is 10.8. The van der Waals surface area contributed by atoms with E-state index in [9.17, 15) is 4.79 Å². The van der Waals surface area contributed by atoms with Gasteiger partial charge in [-0.05, 0) is 18.6 Å². The van der Waals surface area contributed by atoms with Crippen LogP contribution in [0.1, 0.15) is 38.8 Å². The zero-order chi connectivity index (χ0) is 14.7. The van der Waals surface area contributed by atoms with Crippen LogP contribution < -0.4 is 10.6 Å². The second-order valence-electron chi connectivity index (χ2n) is 4.41. The highest BCUT2D eigenvalue weighted by Crippen LogP contribution is 2.10. The van der Waals surface area contributed by atoms with E-state index >= 15 is 0 Å². The molecule has 110 valence electrons. The number of methoxy groups -OCH3 is 1. The van der Waals surface area contributed by atoms with E-state index in [-0.39, 0.29) is 6.04 Å². The van der Waals surface area contributed by atoms with E-state index < -0.39 is 6.09 Å². The zero-order valence-corrected chi connectivity index (χ0v) is 12.7. The van der Waals surface area contributed by atoms with Crippen molar-refractivity contribution < 1.29 is 9.53 Å². The molecule has 0 saturated heterocycles. The molecule has 0 aliphatic rings.